The van der Waals surface area contributed by atoms with Gasteiger partial charge in [0, 0.05) is 52.2 Å². The van der Waals surface area contributed by atoms with Gasteiger partial charge >= 0.3 is 0 Å². The third kappa shape index (κ3) is 4.82. The number of aryl methyl sites for hydroxylation is 3. The van der Waals surface area contributed by atoms with Crippen molar-refractivity contribution in [2.75, 3.05) is 6.54 Å². The number of aromatic nitrogens is 2. The van der Waals surface area contributed by atoms with E-state index >= 15 is 0 Å². The quantitative estimate of drug-likeness (QED) is 0.300. The molecule has 0 radical (unpaired) electrons. The van der Waals surface area contributed by atoms with E-state index in [0.29, 0.717) is 17.8 Å². The molecule has 0 fully saturated rings. The van der Waals surface area contributed by atoms with Gasteiger partial charge in [-0.3, -0.25) is 10.2 Å². The second-order valence-corrected chi connectivity index (χ2v) is 11.1. The van der Waals surface area contributed by atoms with Crippen molar-refractivity contribution in [2.24, 2.45) is 0 Å². The molecule has 7 heteroatoms. The summed E-state index contributed by atoms with van der Waals surface area (Å²) in [5.41, 5.74) is 5.86. The fourth-order valence-electron chi connectivity index (χ4n) is 5.24. The van der Waals surface area contributed by atoms with Gasteiger partial charge in [0.1, 0.15) is 0 Å². The average Bonchev–Trinajstić information content (AvgIpc) is 3.37. The van der Waals surface area contributed by atoms with Crippen LogP contribution in [0.15, 0.2) is 48.7 Å². The number of aromatic amines is 1. The molecule has 2 aromatic heterocycles. The predicted molar refractivity (Wildman–Crippen MR) is 143 cm³/mol. The summed E-state index contributed by atoms with van der Waals surface area (Å²) in [6.07, 6.45) is 6.25. The van der Waals surface area contributed by atoms with Crippen LogP contribution in [-0.4, -0.2) is 26.9 Å². The van der Waals surface area contributed by atoms with Crippen LogP contribution in [-0.2, 0) is 24.2 Å². The van der Waals surface area contributed by atoms with Gasteiger partial charge in [-0.1, -0.05) is 42.8 Å². The maximum atomic E-state index is 13.1. The third-order valence-electron chi connectivity index (χ3n) is 6.89. The zero-order valence-electron chi connectivity index (χ0n) is 20.2. The number of carbonyl (C=O) groups is 1. The smallest absolute Gasteiger partial charge is 0.223 e. The Bertz CT molecular complexity index is 1420. The Morgan fingerprint density at radius 1 is 1.23 bits per heavy atom. The number of benzene rings is 2. The number of rotatable bonds is 7. The molecular formula is C28H31ClN4OS. The second-order valence-electron chi connectivity index (χ2n) is 9.38. The van der Waals surface area contributed by atoms with Crippen LogP contribution >= 0.6 is 22.9 Å². The van der Waals surface area contributed by atoms with Gasteiger partial charge in [-0.15, -0.1) is 11.3 Å². The van der Waals surface area contributed by atoms with Gasteiger partial charge in [0.2, 0.25) is 5.91 Å². The topological polar surface area (TPSA) is 64.9 Å². The molecule has 1 atom stereocenters. The minimum absolute atomic E-state index is 0.117. The summed E-state index contributed by atoms with van der Waals surface area (Å²) in [5.74, 6) is 0.207. The summed E-state index contributed by atoms with van der Waals surface area (Å²) in [7, 11) is 0. The van der Waals surface area contributed by atoms with Crippen molar-refractivity contribution in [1.82, 2.24) is 14.5 Å². The van der Waals surface area contributed by atoms with E-state index in [4.69, 9.17) is 17.0 Å². The first-order chi connectivity index (χ1) is 16.9. The molecule has 3 heterocycles. The van der Waals surface area contributed by atoms with Gasteiger partial charge in [0.15, 0.2) is 4.80 Å². The van der Waals surface area contributed by atoms with Crippen molar-refractivity contribution in [1.29, 1.82) is 5.41 Å². The highest BCUT2D eigenvalue weighted by molar-refractivity contribution is 7.09. The lowest BCUT2D eigenvalue weighted by molar-refractivity contribution is -0.133. The third-order valence-corrected chi connectivity index (χ3v) is 7.98. The minimum Gasteiger partial charge on any atom is -0.356 e. The molecule has 0 bridgehead atoms. The minimum atomic E-state index is -0.117. The SMILES string of the molecule is CCCC(=O)N1CCc2c([nH]c3ccc(Cl)cc23)C1c1ccc(CCCn2cc(C)sc2=N)cc1. The molecule has 1 unspecified atom stereocenters. The highest BCUT2D eigenvalue weighted by Crippen LogP contribution is 2.39. The Morgan fingerprint density at radius 3 is 2.74 bits per heavy atom. The van der Waals surface area contributed by atoms with Crippen molar-refractivity contribution in [3.8, 4) is 0 Å². The van der Waals surface area contributed by atoms with Crippen molar-refractivity contribution < 1.29 is 4.79 Å². The van der Waals surface area contributed by atoms with Gasteiger partial charge in [-0.2, -0.15) is 0 Å². The maximum Gasteiger partial charge on any atom is 0.223 e. The first kappa shape index (κ1) is 23.9. The van der Waals surface area contributed by atoms with E-state index in [1.807, 2.05) is 34.6 Å². The molecular weight excluding hydrogens is 476 g/mol. The number of nitrogens with one attached hydrogen (secondary N) is 2. The molecule has 2 N–H and O–H groups in total. The molecule has 0 saturated carbocycles. The van der Waals surface area contributed by atoms with Crippen molar-refractivity contribution in [3.63, 3.8) is 0 Å². The summed E-state index contributed by atoms with van der Waals surface area (Å²) in [4.78, 5) is 20.6. The number of hydrogen-bond donors (Lipinski definition) is 2. The highest BCUT2D eigenvalue weighted by atomic mass is 35.5. The molecule has 1 aliphatic heterocycles. The molecule has 2 aromatic carbocycles. The highest BCUT2D eigenvalue weighted by Gasteiger charge is 2.34. The van der Waals surface area contributed by atoms with Crippen LogP contribution in [0.2, 0.25) is 5.02 Å². The summed E-state index contributed by atoms with van der Waals surface area (Å²) in [6, 6.07) is 14.6. The van der Waals surface area contributed by atoms with Crippen LogP contribution in [0.4, 0.5) is 0 Å². The summed E-state index contributed by atoms with van der Waals surface area (Å²) < 4.78 is 2.03. The van der Waals surface area contributed by atoms with Crippen LogP contribution in [0.5, 0.6) is 0 Å². The largest absolute Gasteiger partial charge is 0.356 e. The Morgan fingerprint density at radius 2 is 2.03 bits per heavy atom. The lowest BCUT2D eigenvalue weighted by Gasteiger charge is -2.36. The fraction of sp³-hybridized carbons (Fsp3) is 0.357. The van der Waals surface area contributed by atoms with E-state index in [1.54, 1.807) is 0 Å². The molecule has 5 rings (SSSR count). The number of amides is 1. The molecule has 4 aromatic rings. The summed E-state index contributed by atoms with van der Waals surface area (Å²) >= 11 is 7.83. The molecule has 0 saturated heterocycles. The van der Waals surface area contributed by atoms with E-state index in [9.17, 15) is 4.79 Å². The summed E-state index contributed by atoms with van der Waals surface area (Å²) in [5, 5.41) is 9.94. The monoisotopic (exact) mass is 506 g/mol. The second kappa shape index (κ2) is 10.0. The van der Waals surface area contributed by atoms with Crippen molar-refractivity contribution in [2.45, 2.75) is 58.5 Å². The molecule has 1 amide bonds. The van der Waals surface area contributed by atoms with Gasteiger partial charge in [-0.25, -0.2) is 0 Å². The van der Waals surface area contributed by atoms with Crippen LogP contribution in [0, 0.1) is 12.3 Å². The molecule has 182 valence electrons. The van der Waals surface area contributed by atoms with E-state index in [2.05, 4.69) is 42.4 Å². The number of carbonyl (C=O) groups excluding carboxylic acids is 1. The Kier molecular flexibility index (Phi) is 6.85. The number of fused-ring (bicyclic) bond motifs is 3. The summed E-state index contributed by atoms with van der Waals surface area (Å²) in [6.45, 7) is 5.67. The number of H-pyrrole nitrogens is 1. The van der Waals surface area contributed by atoms with Gasteiger partial charge in [0.05, 0.1) is 6.04 Å². The van der Waals surface area contributed by atoms with Crippen LogP contribution in [0.1, 0.15) is 59.5 Å². The van der Waals surface area contributed by atoms with Crippen LogP contribution in [0.3, 0.4) is 0 Å². The number of nitrogens with zero attached hydrogens (tertiary/aromatic N) is 2. The number of halogens is 1. The zero-order chi connectivity index (χ0) is 24.5. The predicted octanol–water partition coefficient (Wildman–Crippen LogP) is 6.38. The lowest BCUT2D eigenvalue weighted by atomic mass is 9.91. The molecule has 0 spiro atoms. The number of thiazole rings is 1. The normalized spacial score (nSPS) is 15.5. The Labute approximate surface area is 214 Å². The molecule has 0 aliphatic carbocycles. The van der Waals surface area contributed by atoms with E-state index < -0.39 is 0 Å². The van der Waals surface area contributed by atoms with Gasteiger partial charge < -0.3 is 14.5 Å². The molecule has 35 heavy (non-hydrogen) atoms. The molecule has 5 nitrogen and oxygen atoms in total. The van der Waals surface area contributed by atoms with Gasteiger partial charge in [-0.05, 0) is 67.5 Å². The van der Waals surface area contributed by atoms with Crippen molar-refractivity contribution >= 4 is 39.7 Å². The van der Waals surface area contributed by atoms with E-state index in [-0.39, 0.29) is 11.9 Å². The number of hydrogen-bond acceptors (Lipinski definition) is 3. The first-order valence-electron chi connectivity index (χ1n) is 12.3. The van der Waals surface area contributed by atoms with Gasteiger partial charge in [0.25, 0.3) is 0 Å². The van der Waals surface area contributed by atoms with E-state index in [0.717, 1.165) is 59.4 Å². The Balaban J connectivity index is 1.41. The van der Waals surface area contributed by atoms with Crippen molar-refractivity contribution in [3.05, 3.63) is 85.7 Å². The standard InChI is InChI=1S/C28H31ClN4OS/c1-3-5-25(34)33-15-13-22-23-16-21(29)11-12-24(23)31-26(22)27(33)20-9-7-19(8-10-20)6-4-14-32-17-18(2)35-28(32)30/h7-12,16-17,27,30-31H,3-6,13-15H2,1-2H3. The first-order valence-corrected chi connectivity index (χ1v) is 13.5. The lowest BCUT2D eigenvalue weighted by Crippen LogP contribution is -2.40. The van der Waals surface area contributed by atoms with E-state index in [1.165, 1.54) is 27.3 Å². The maximum absolute atomic E-state index is 13.1. The average molecular weight is 507 g/mol. The fourth-order valence-corrected chi connectivity index (χ4v) is 6.15. The molecule has 1 aliphatic rings. The van der Waals surface area contributed by atoms with Crippen LogP contribution < -0.4 is 4.80 Å². The Hall–Kier alpha value is -2.83. The zero-order valence-corrected chi connectivity index (χ0v) is 21.8. The van der Waals surface area contributed by atoms with Crippen LogP contribution in [0.25, 0.3) is 10.9 Å².